The summed E-state index contributed by atoms with van der Waals surface area (Å²) in [6.07, 6.45) is 1.51. The summed E-state index contributed by atoms with van der Waals surface area (Å²) in [6.45, 7) is 6.32. The number of hydrogen-bond acceptors (Lipinski definition) is 4. The van der Waals surface area contributed by atoms with E-state index in [-0.39, 0.29) is 23.7 Å². The number of halogens is 1. The molecule has 0 bridgehead atoms. The molecule has 0 aliphatic carbocycles. The van der Waals surface area contributed by atoms with Gasteiger partial charge in [0, 0.05) is 0 Å². The summed E-state index contributed by atoms with van der Waals surface area (Å²) in [5, 5.41) is 13.3. The van der Waals surface area contributed by atoms with Crippen molar-refractivity contribution in [2.75, 3.05) is 6.61 Å². The average molecular weight is 452 g/mol. The number of nitrogens with zero attached hydrogens (tertiary/aromatic N) is 1. The van der Waals surface area contributed by atoms with Crippen molar-refractivity contribution < 1.29 is 14.6 Å². The first-order valence-corrected chi connectivity index (χ1v) is 8.87. The summed E-state index contributed by atoms with van der Waals surface area (Å²) < 4.78 is 6.17. The van der Waals surface area contributed by atoms with Crippen LogP contribution in [0, 0.1) is 3.57 Å². The van der Waals surface area contributed by atoms with Crippen LogP contribution in [0.3, 0.4) is 0 Å². The second-order valence-corrected chi connectivity index (χ2v) is 7.73. The van der Waals surface area contributed by atoms with Gasteiger partial charge in [0.1, 0.15) is 11.5 Å². The molecule has 0 radical (unpaired) electrons. The number of carbonyl (C=O) groups is 1. The molecule has 0 unspecified atom stereocenters. The van der Waals surface area contributed by atoms with Crippen LogP contribution >= 0.6 is 22.6 Å². The average Bonchev–Trinajstić information content (AvgIpc) is 2.56. The van der Waals surface area contributed by atoms with Gasteiger partial charge in [-0.05, 0) is 69.5 Å². The van der Waals surface area contributed by atoms with E-state index in [0.29, 0.717) is 5.75 Å². The van der Waals surface area contributed by atoms with Crippen molar-refractivity contribution in [2.24, 2.45) is 5.10 Å². The molecule has 1 amide bonds. The highest BCUT2D eigenvalue weighted by Gasteiger charge is 2.13. The van der Waals surface area contributed by atoms with Crippen molar-refractivity contribution in [3.8, 4) is 11.5 Å². The molecule has 2 rings (SSSR count). The zero-order chi connectivity index (χ0) is 18.4. The molecule has 6 heteroatoms. The molecule has 0 aromatic heterocycles. The molecule has 0 saturated carbocycles. The van der Waals surface area contributed by atoms with Crippen LogP contribution in [0.2, 0.25) is 0 Å². The Bertz CT molecular complexity index is 765. The summed E-state index contributed by atoms with van der Waals surface area (Å²) >= 11 is 2.02. The summed E-state index contributed by atoms with van der Waals surface area (Å²) in [5.74, 6) is 0.512. The Morgan fingerprint density at radius 1 is 1.24 bits per heavy atom. The molecular formula is C19H21IN2O3. The fraction of sp³-hybridized carbons (Fsp3) is 0.263. The van der Waals surface area contributed by atoms with Crippen LogP contribution in [0.25, 0.3) is 0 Å². The molecule has 25 heavy (non-hydrogen) atoms. The maximum atomic E-state index is 11.8. The van der Waals surface area contributed by atoms with Gasteiger partial charge in [-0.3, -0.25) is 4.79 Å². The normalized spacial score (nSPS) is 11.5. The van der Waals surface area contributed by atoms with Crippen LogP contribution in [0.4, 0.5) is 0 Å². The maximum Gasteiger partial charge on any atom is 0.277 e. The van der Waals surface area contributed by atoms with E-state index in [2.05, 4.69) is 31.3 Å². The lowest BCUT2D eigenvalue weighted by molar-refractivity contribution is -0.123. The molecule has 2 aromatic carbocycles. The quantitative estimate of drug-likeness (QED) is 0.412. The standard InChI is InChI=1S/C19H21IN2O3/c1-19(2,3)14-5-7-15(8-6-14)25-12-18(24)22-21-11-13-4-9-17(23)16(20)10-13/h4-11,23H,12H2,1-3H3,(H,22,24)/b21-11+. The Hall–Kier alpha value is -2.09. The monoisotopic (exact) mass is 452 g/mol. The van der Waals surface area contributed by atoms with Gasteiger partial charge in [0.2, 0.25) is 0 Å². The number of ether oxygens (including phenoxy) is 1. The molecular weight excluding hydrogens is 431 g/mol. The number of aromatic hydroxyl groups is 1. The predicted molar refractivity (Wildman–Crippen MR) is 107 cm³/mol. The van der Waals surface area contributed by atoms with Crippen molar-refractivity contribution in [3.63, 3.8) is 0 Å². The second-order valence-electron chi connectivity index (χ2n) is 6.57. The third-order valence-corrected chi connectivity index (χ3v) is 4.33. The predicted octanol–water partition coefficient (Wildman–Crippen LogP) is 3.82. The van der Waals surface area contributed by atoms with E-state index in [1.165, 1.54) is 11.8 Å². The molecule has 0 heterocycles. The topological polar surface area (TPSA) is 70.9 Å². The first kappa shape index (κ1) is 19.2. The molecule has 0 fully saturated rings. The van der Waals surface area contributed by atoms with Crippen LogP contribution in [0.5, 0.6) is 11.5 Å². The maximum absolute atomic E-state index is 11.8. The van der Waals surface area contributed by atoms with E-state index in [4.69, 9.17) is 4.74 Å². The van der Waals surface area contributed by atoms with Crippen molar-refractivity contribution in [1.29, 1.82) is 0 Å². The molecule has 0 aliphatic heterocycles. The van der Waals surface area contributed by atoms with Gasteiger partial charge in [0.05, 0.1) is 9.78 Å². The van der Waals surface area contributed by atoms with Crippen LogP contribution in [0.15, 0.2) is 47.6 Å². The van der Waals surface area contributed by atoms with E-state index in [1.807, 2.05) is 46.9 Å². The summed E-state index contributed by atoms with van der Waals surface area (Å²) in [6, 6.07) is 12.8. The SMILES string of the molecule is CC(C)(C)c1ccc(OCC(=O)N/N=C/c2ccc(O)c(I)c2)cc1. The number of nitrogens with one attached hydrogen (secondary N) is 1. The number of rotatable bonds is 5. The first-order chi connectivity index (χ1) is 11.8. The lowest BCUT2D eigenvalue weighted by atomic mass is 9.87. The van der Waals surface area contributed by atoms with Crippen LogP contribution < -0.4 is 10.2 Å². The number of hydrazone groups is 1. The minimum atomic E-state index is -0.343. The van der Waals surface area contributed by atoms with Crippen LogP contribution in [-0.2, 0) is 10.2 Å². The number of phenolic OH excluding ortho intramolecular Hbond substituents is 1. The van der Waals surface area contributed by atoms with Crippen molar-refractivity contribution in [3.05, 3.63) is 57.2 Å². The number of phenols is 1. The third kappa shape index (κ3) is 6.04. The third-order valence-electron chi connectivity index (χ3n) is 3.46. The largest absolute Gasteiger partial charge is 0.507 e. The number of amides is 1. The lowest BCUT2D eigenvalue weighted by Crippen LogP contribution is -2.24. The second kappa shape index (κ2) is 8.33. The van der Waals surface area contributed by atoms with Gasteiger partial charge >= 0.3 is 0 Å². The molecule has 132 valence electrons. The van der Waals surface area contributed by atoms with Gasteiger partial charge < -0.3 is 9.84 Å². The zero-order valence-corrected chi connectivity index (χ0v) is 16.6. The molecule has 0 spiro atoms. The minimum absolute atomic E-state index is 0.0800. The summed E-state index contributed by atoms with van der Waals surface area (Å²) in [7, 11) is 0. The van der Waals surface area contributed by atoms with Crippen molar-refractivity contribution in [1.82, 2.24) is 5.43 Å². The molecule has 0 atom stereocenters. The van der Waals surface area contributed by atoms with Crippen molar-refractivity contribution in [2.45, 2.75) is 26.2 Å². The van der Waals surface area contributed by atoms with Gasteiger partial charge in [-0.15, -0.1) is 0 Å². The molecule has 2 N–H and O–H groups in total. The van der Waals surface area contributed by atoms with Crippen molar-refractivity contribution >= 4 is 34.7 Å². The van der Waals surface area contributed by atoms with E-state index >= 15 is 0 Å². The number of carbonyl (C=O) groups excluding carboxylic acids is 1. The summed E-state index contributed by atoms with van der Waals surface area (Å²) in [4.78, 5) is 11.8. The van der Waals surface area contributed by atoms with Crippen LogP contribution in [-0.4, -0.2) is 23.8 Å². The zero-order valence-electron chi connectivity index (χ0n) is 14.4. The smallest absolute Gasteiger partial charge is 0.277 e. The van der Waals surface area contributed by atoms with Gasteiger partial charge in [0.25, 0.3) is 5.91 Å². The van der Waals surface area contributed by atoms with E-state index in [0.717, 1.165) is 9.13 Å². The van der Waals surface area contributed by atoms with E-state index in [9.17, 15) is 9.90 Å². The number of benzene rings is 2. The Kier molecular flexibility index (Phi) is 6.41. The molecule has 0 saturated heterocycles. The highest BCUT2D eigenvalue weighted by atomic mass is 127. The lowest BCUT2D eigenvalue weighted by Gasteiger charge is -2.19. The molecule has 0 aliphatic rings. The highest BCUT2D eigenvalue weighted by molar-refractivity contribution is 14.1. The Balaban J connectivity index is 1.82. The Labute approximate surface area is 161 Å². The van der Waals surface area contributed by atoms with Gasteiger partial charge in [-0.2, -0.15) is 5.10 Å². The first-order valence-electron chi connectivity index (χ1n) is 7.79. The Morgan fingerprint density at radius 3 is 2.52 bits per heavy atom. The fourth-order valence-electron chi connectivity index (χ4n) is 2.01. The van der Waals surface area contributed by atoms with Crippen LogP contribution in [0.1, 0.15) is 31.9 Å². The fourth-order valence-corrected chi connectivity index (χ4v) is 2.55. The molecule has 2 aromatic rings. The van der Waals surface area contributed by atoms with Gasteiger partial charge in [-0.1, -0.05) is 32.9 Å². The van der Waals surface area contributed by atoms with Gasteiger partial charge in [-0.25, -0.2) is 5.43 Å². The molecule has 5 nitrogen and oxygen atoms in total. The Morgan fingerprint density at radius 2 is 1.92 bits per heavy atom. The summed E-state index contributed by atoms with van der Waals surface area (Å²) in [5.41, 5.74) is 4.48. The number of hydrogen-bond donors (Lipinski definition) is 2. The van der Waals surface area contributed by atoms with Gasteiger partial charge in [0.15, 0.2) is 6.61 Å². The van der Waals surface area contributed by atoms with E-state index < -0.39 is 0 Å². The minimum Gasteiger partial charge on any atom is -0.507 e. The van der Waals surface area contributed by atoms with E-state index in [1.54, 1.807) is 18.2 Å². The highest BCUT2D eigenvalue weighted by Crippen LogP contribution is 2.24.